The van der Waals surface area contributed by atoms with Gasteiger partial charge >= 0.3 is 0 Å². The maximum Gasteiger partial charge on any atom is 0.230 e. The number of hydrogen-bond donors (Lipinski definition) is 1. The molecule has 0 atom stereocenters. The second-order valence-corrected chi connectivity index (χ2v) is 6.10. The summed E-state index contributed by atoms with van der Waals surface area (Å²) in [5.41, 5.74) is 1.98. The largest absolute Gasteiger partial charge is 0.341 e. The highest BCUT2D eigenvalue weighted by molar-refractivity contribution is 7.92. The Morgan fingerprint density at radius 1 is 1.10 bits per heavy atom. The van der Waals surface area contributed by atoms with Gasteiger partial charge in [-0.2, -0.15) is 0 Å². The van der Waals surface area contributed by atoms with Crippen molar-refractivity contribution in [3.05, 3.63) is 48.7 Å². The summed E-state index contributed by atoms with van der Waals surface area (Å²) < 4.78 is 24.6. The van der Waals surface area contributed by atoms with Gasteiger partial charge in [-0.05, 0) is 31.2 Å². The summed E-state index contributed by atoms with van der Waals surface area (Å²) in [6.07, 6.45) is 2.76. The Balaban J connectivity index is 2.24. The van der Waals surface area contributed by atoms with Gasteiger partial charge in [-0.25, -0.2) is 13.4 Å². The smallest absolute Gasteiger partial charge is 0.230 e. The van der Waals surface area contributed by atoms with Gasteiger partial charge in [-0.3, -0.25) is 4.72 Å². The van der Waals surface area contributed by atoms with Crippen LogP contribution in [0.1, 0.15) is 6.92 Å². The zero-order valence-electron chi connectivity index (χ0n) is 11.4. The maximum atomic E-state index is 11.1. The molecular weight excluding hydrogens is 274 g/mol. The standard InChI is InChI=1S/C14H17N3O2S/c1-3-17(12-7-5-4-6-8-12)13-9-10-14(15-11-13)16-20(2,18)19/h4-11H,3H2,1-2H3,(H,15,16). The van der Waals surface area contributed by atoms with E-state index in [1.807, 2.05) is 36.4 Å². The van der Waals surface area contributed by atoms with Gasteiger partial charge in [0.2, 0.25) is 10.0 Å². The Kier molecular flexibility index (Phi) is 4.24. The van der Waals surface area contributed by atoms with Crippen LogP contribution < -0.4 is 9.62 Å². The topological polar surface area (TPSA) is 62.3 Å². The molecule has 0 bridgehead atoms. The summed E-state index contributed by atoms with van der Waals surface area (Å²) in [7, 11) is -3.29. The molecule has 1 aromatic heterocycles. The highest BCUT2D eigenvalue weighted by atomic mass is 32.2. The van der Waals surface area contributed by atoms with Crippen LogP contribution in [-0.4, -0.2) is 26.2 Å². The molecule has 5 nitrogen and oxygen atoms in total. The van der Waals surface area contributed by atoms with Gasteiger partial charge in [0.1, 0.15) is 5.82 Å². The molecule has 0 aliphatic heterocycles. The van der Waals surface area contributed by atoms with Crippen molar-refractivity contribution >= 4 is 27.2 Å². The number of nitrogens with zero attached hydrogens (tertiary/aromatic N) is 2. The highest BCUT2D eigenvalue weighted by Gasteiger charge is 2.08. The lowest BCUT2D eigenvalue weighted by molar-refractivity contribution is 0.606. The quantitative estimate of drug-likeness (QED) is 0.920. The van der Waals surface area contributed by atoms with E-state index in [2.05, 4.69) is 21.5 Å². The Bertz CT molecular complexity index is 655. The minimum atomic E-state index is -3.29. The normalized spacial score (nSPS) is 11.1. The molecule has 2 aromatic rings. The number of sulfonamides is 1. The molecule has 0 radical (unpaired) electrons. The van der Waals surface area contributed by atoms with E-state index in [0.29, 0.717) is 5.82 Å². The van der Waals surface area contributed by atoms with Crippen LogP contribution >= 0.6 is 0 Å². The average molecular weight is 291 g/mol. The van der Waals surface area contributed by atoms with Gasteiger partial charge in [-0.15, -0.1) is 0 Å². The minimum Gasteiger partial charge on any atom is -0.341 e. The van der Waals surface area contributed by atoms with Crippen molar-refractivity contribution < 1.29 is 8.42 Å². The van der Waals surface area contributed by atoms with Crippen molar-refractivity contribution in [3.8, 4) is 0 Å². The van der Waals surface area contributed by atoms with E-state index in [-0.39, 0.29) is 0 Å². The van der Waals surface area contributed by atoms with Crippen molar-refractivity contribution in [1.82, 2.24) is 4.98 Å². The molecule has 0 saturated heterocycles. The van der Waals surface area contributed by atoms with E-state index in [0.717, 1.165) is 24.2 Å². The average Bonchev–Trinajstić information content (AvgIpc) is 2.41. The van der Waals surface area contributed by atoms with Crippen LogP contribution in [0.2, 0.25) is 0 Å². The van der Waals surface area contributed by atoms with Crippen LogP contribution in [0.25, 0.3) is 0 Å². The SMILES string of the molecule is CCN(c1ccccc1)c1ccc(NS(C)(=O)=O)nc1. The number of nitrogens with one attached hydrogen (secondary N) is 1. The lowest BCUT2D eigenvalue weighted by atomic mass is 10.2. The van der Waals surface area contributed by atoms with E-state index in [4.69, 9.17) is 0 Å². The third-order valence-corrected chi connectivity index (χ3v) is 3.31. The number of hydrogen-bond acceptors (Lipinski definition) is 4. The first-order valence-corrected chi connectivity index (χ1v) is 8.15. The second kappa shape index (κ2) is 5.92. The van der Waals surface area contributed by atoms with Gasteiger partial charge in [0.25, 0.3) is 0 Å². The van der Waals surface area contributed by atoms with E-state index in [9.17, 15) is 8.42 Å². The molecule has 0 amide bonds. The monoisotopic (exact) mass is 291 g/mol. The molecule has 106 valence electrons. The molecule has 20 heavy (non-hydrogen) atoms. The first-order valence-electron chi connectivity index (χ1n) is 6.26. The molecule has 1 heterocycles. The summed E-state index contributed by atoms with van der Waals surface area (Å²) in [5.74, 6) is 0.320. The number of aromatic nitrogens is 1. The second-order valence-electron chi connectivity index (χ2n) is 4.36. The van der Waals surface area contributed by atoms with Crippen LogP contribution in [-0.2, 0) is 10.0 Å². The minimum absolute atomic E-state index is 0.320. The predicted molar refractivity (Wildman–Crippen MR) is 81.8 cm³/mol. The van der Waals surface area contributed by atoms with E-state index >= 15 is 0 Å². The molecule has 1 aromatic carbocycles. The summed E-state index contributed by atoms with van der Waals surface area (Å²) in [6.45, 7) is 2.85. The lowest BCUT2D eigenvalue weighted by Gasteiger charge is -2.23. The number of para-hydroxylation sites is 1. The Hall–Kier alpha value is -2.08. The molecule has 0 aliphatic carbocycles. The molecule has 0 spiro atoms. The van der Waals surface area contributed by atoms with Crippen molar-refractivity contribution in [2.45, 2.75) is 6.92 Å². The number of benzene rings is 1. The number of anilines is 3. The zero-order valence-corrected chi connectivity index (χ0v) is 12.3. The molecule has 0 fully saturated rings. The third-order valence-electron chi connectivity index (χ3n) is 2.73. The summed E-state index contributed by atoms with van der Waals surface area (Å²) >= 11 is 0. The molecule has 2 rings (SSSR count). The Labute approximate surface area is 119 Å². The molecule has 6 heteroatoms. The third kappa shape index (κ3) is 3.71. The molecule has 0 aliphatic rings. The zero-order chi connectivity index (χ0) is 14.6. The van der Waals surface area contributed by atoms with Crippen molar-refractivity contribution in [1.29, 1.82) is 0 Å². The number of pyridine rings is 1. The fourth-order valence-electron chi connectivity index (χ4n) is 1.92. The van der Waals surface area contributed by atoms with Crippen LogP contribution in [0.4, 0.5) is 17.2 Å². The summed E-state index contributed by atoms with van der Waals surface area (Å²) in [4.78, 5) is 6.22. The molecular formula is C14H17N3O2S. The molecule has 0 saturated carbocycles. The van der Waals surface area contributed by atoms with E-state index in [1.54, 1.807) is 12.3 Å². The van der Waals surface area contributed by atoms with Gasteiger partial charge in [0.05, 0.1) is 18.1 Å². The Morgan fingerprint density at radius 2 is 1.80 bits per heavy atom. The predicted octanol–water partition coefficient (Wildman–Crippen LogP) is 2.61. The van der Waals surface area contributed by atoms with Gasteiger partial charge < -0.3 is 4.90 Å². The molecule has 1 N–H and O–H groups in total. The van der Waals surface area contributed by atoms with Crippen molar-refractivity contribution in [2.75, 3.05) is 22.4 Å². The highest BCUT2D eigenvalue weighted by Crippen LogP contribution is 2.24. The van der Waals surface area contributed by atoms with Crippen LogP contribution in [0.3, 0.4) is 0 Å². The van der Waals surface area contributed by atoms with E-state index < -0.39 is 10.0 Å². The van der Waals surface area contributed by atoms with E-state index in [1.165, 1.54) is 0 Å². The van der Waals surface area contributed by atoms with Gasteiger partial charge in [0.15, 0.2) is 0 Å². The van der Waals surface area contributed by atoms with Crippen LogP contribution in [0.15, 0.2) is 48.7 Å². The summed E-state index contributed by atoms with van der Waals surface area (Å²) in [6, 6.07) is 13.5. The first kappa shape index (κ1) is 14.3. The van der Waals surface area contributed by atoms with Gasteiger partial charge in [0, 0.05) is 12.2 Å². The number of rotatable bonds is 5. The van der Waals surface area contributed by atoms with Gasteiger partial charge in [-0.1, -0.05) is 18.2 Å². The Morgan fingerprint density at radius 3 is 2.30 bits per heavy atom. The van der Waals surface area contributed by atoms with Crippen molar-refractivity contribution in [2.24, 2.45) is 0 Å². The van der Waals surface area contributed by atoms with Crippen LogP contribution in [0.5, 0.6) is 0 Å². The fourth-order valence-corrected chi connectivity index (χ4v) is 2.42. The lowest BCUT2D eigenvalue weighted by Crippen LogP contribution is -2.16. The summed E-state index contributed by atoms with van der Waals surface area (Å²) in [5, 5.41) is 0. The molecule has 0 unspecified atom stereocenters. The first-order chi connectivity index (χ1) is 9.49. The van der Waals surface area contributed by atoms with Crippen molar-refractivity contribution in [3.63, 3.8) is 0 Å². The van der Waals surface area contributed by atoms with Crippen LogP contribution in [0, 0.1) is 0 Å². The maximum absolute atomic E-state index is 11.1. The fraction of sp³-hybridized carbons (Fsp3) is 0.214.